The van der Waals surface area contributed by atoms with E-state index in [1.165, 1.54) is 72.3 Å². The Labute approximate surface area is 359 Å². The zero-order chi connectivity index (χ0) is 41.2. The molecule has 9 aromatic carbocycles. The Bertz CT molecular complexity index is 2830. The normalized spacial score (nSPS) is 12.7. The van der Waals surface area contributed by atoms with Crippen LogP contribution in [0.3, 0.4) is 0 Å². The Morgan fingerprint density at radius 3 is 0.951 bits per heavy atom. The number of aryl methyl sites for hydroxylation is 4. The van der Waals surface area contributed by atoms with Crippen LogP contribution in [0.25, 0.3) is 33.4 Å². The molecule has 0 saturated heterocycles. The average Bonchev–Trinajstić information content (AvgIpc) is 3.76. The molecule has 2 nitrogen and oxygen atoms in total. The highest BCUT2D eigenvalue weighted by atomic mass is 15.2. The summed E-state index contributed by atoms with van der Waals surface area (Å²) in [5.41, 5.74) is 24.0. The molecule has 61 heavy (non-hydrogen) atoms. The molecule has 0 aromatic heterocycles. The number of fused-ring (bicyclic) bond motifs is 10. The van der Waals surface area contributed by atoms with Crippen LogP contribution < -0.4 is 9.80 Å². The molecule has 0 N–H and O–H groups in total. The van der Waals surface area contributed by atoms with Crippen LogP contribution in [0.5, 0.6) is 0 Å². The van der Waals surface area contributed by atoms with E-state index >= 15 is 0 Å². The predicted molar refractivity (Wildman–Crippen MR) is 256 cm³/mol. The lowest BCUT2D eigenvalue weighted by Crippen LogP contribution is -2.25. The molecule has 11 rings (SSSR count). The van der Waals surface area contributed by atoms with Gasteiger partial charge < -0.3 is 9.80 Å². The van der Waals surface area contributed by atoms with Crippen molar-refractivity contribution in [1.29, 1.82) is 0 Å². The first-order chi connectivity index (χ1) is 29.9. The molecule has 0 atom stereocenters. The van der Waals surface area contributed by atoms with Gasteiger partial charge in [-0.2, -0.15) is 0 Å². The van der Waals surface area contributed by atoms with Gasteiger partial charge >= 0.3 is 0 Å². The molecule has 0 unspecified atom stereocenters. The maximum absolute atomic E-state index is 2.50. The highest BCUT2D eigenvalue weighted by Crippen LogP contribution is 2.63. The maximum atomic E-state index is 2.50. The molecule has 0 fully saturated rings. The van der Waals surface area contributed by atoms with Crippen LogP contribution in [0.4, 0.5) is 34.1 Å². The highest BCUT2D eigenvalue weighted by Gasteiger charge is 2.51. The number of hydrogen-bond acceptors (Lipinski definition) is 2. The molecule has 292 valence electrons. The molecule has 2 aliphatic rings. The highest BCUT2D eigenvalue weighted by molar-refractivity contribution is 5.96. The zero-order valence-corrected chi connectivity index (χ0v) is 35.0. The van der Waals surface area contributed by atoms with Gasteiger partial charge in [0.15, 0.2) is 0 Å². The Morgan fingerprint density at radius 1 is 0.262 bits per heavy atom. The third-order valence-corrected chi connectivity index (χ3v) is 12.9. The molecule has 0 bridgehead atoms. The Kier molecular flexibility index (Phi) is 8.65. The zero-order valence-electron chi connectivity index (χ0n) is 35.0. The first-order valence-corrected chi connectivity index (χ1v) is 21.3. The molecular formula is C59H46N2. The summed E-state index contributed by atoms with van der Waals surface area (Å²) in [6, 6.07) is 77.1. The van der Waals surface area contributed by atoms with E-state index < -0.39 is 5.41 Å². The van der Waals surface area contributed by atoms with Crippen molar-refractivity contribution in [1.82, 2.24) is 0 Å². The van der Waals surface area contributed by atoms with Crippen molar-refractivity contribution >= 4 is 34.1 Å². The molecule has 0 saturated carbocycles. The van der Waals surface area contributed by atoms with Gasteiger partial charge in [-0.25, -0.2) is 0 Å². The van der Waals surface area contributed by atoms with Crippen LogP contribution in [0.15, 0.2) is 206 Å². The van der Waals surface area contributed by atoms with E-state index in [0.29, 0.717) is 0 Å². The van der Waals surface area contributed by atoms with Crippen molar-refractivity contribution in [3.05, 3.63) is 251 Å². The molecule has 2 heteroatoms. The first-order valence-electron chi connectivity index (χ1n) is 21.3. The summed E-state index contributed by atoms with van der Waals surface area (Å²) in [6.45, 7) is 8.61. The van der Waals surface area contributed by atoms with Gasteiger partial charge in [-0.3, -0.25) is 0 Å². The second-order valence-corrected chi connectivity index (χ2v) is 16.9. The van der Waals surface area contributed by atoms with Crippen molar-refractivity contribution in [2.24, 2.45) is 0 Å². The Hall–Kier alpha value is -7.42. The fourth-order valence-corrected chi connectivity index (χ4v) is 9.96. The van der Waals surface area contributed by atoms with Crippen molar-refractivity contribution in [2.45, 2.75) is 33.1 Å². The van der Waals surface area contributed by atoms with Crippen molar-refractivity contribution in [2.75, 3.05) is 9.80 Å². The van der Waals surface area contributed by atoms with Crippen LogP contribution in [-0.2, 0) is 5.41 Å². The van der Waals surface area contributed by atoms with E-state index in [2.05, 4.69) is 244 Å². The van der Waals surface area contributed by atoms with Gasteiger partial charge in [0.25, 0.3) is 0 Å². The van der Waals surface area contributed by atoms with Gasteiger partial charge in [-0.1, -0.05) is 156 Å². The van der Waals surface area contributed by atoms with Crippen LogP contribution in [0.1, 0.15) is 44.5 Å². The minimum Gasteiger partial charge on any atom is -0.310 e. The summed E-state index contributed by atoms with van der Waals surface area (Å²) in [5, 5.41) is 0. The third-order valence-electron chi connectivity index (χ3n) is 12.9. The summed E-state index contributed by atoms with van der Waals surface area (Å²) < 4.78 is 0. The SMILES string of the molecule is Cc1ccc(N(c2ccc(C)cc2)c2cc(-c3ccc4c(c3)C3(c5ccccc5-c5ccccc53)c3ccccc3-4)cc(N(c3ccc(C)cc3)c3ccc(C)cc3)c2)cc1. The minimum atomic E-state index is -0.429. The van der Waals surface area contributed by atoms with Crippen LogP contribution in [0, 0.1) is 27.7 Å². The van der Waals surface area contributed by atoms with Crippen LogP contribution in [0.2, 0.25) is 0 Å². The van der Waals surface area contributed by atoms with Gasteiger partial charge in [-0.05, 0) is 156 Å². The van der Waals surface area contributed by atoms with E-state index in [1.807, 2.05) is 0 Å². The summed E-state index contributed by atoms with van der Waals surface area (Å²) in [4.78, 5) is 4.81. The van der Waals surface area contributed by atoms with Crippen molar-refractivity contribution < 1.29 is 0 Å². The van der Waals surface area contributed by atoms with Gasteiger partial charge in [0.2, 0.25) is 0 Å². The molecule has 0 aliphatic heterocycles. The summed E-state index contributed by atoms with van der Waals surface area (Å²) >= 11 is 0. The number of anilines is 6. The molecule has 2 aliphatic carbocycles. The van der Waals surface area contributed by atoms with Crippen LogP contribution >= 0.6 is 0 Å². The van der Waals surface area contributed by atoms with Gasteiger partial charge in [0.05, 0.1) is 5.41 Å². The van der Waals surface area contributed by atoms with E-state index in [-0.39, 0.29) is 0 Å². The topological polar surface area (TPSA) is 6.48 Å². The van der Waals surface area contributed by atoms with Gasteiger partial charge in [0.1, 0.15) is 0 Å². The summed E-state index contributed by atoms with van der Waals surface area (Å²) in [7, 11) is 0. The standard InChI is InChI=1S/C59H46N2/c1-39-17-26-45(27-18-39)60(46-28-19-40(2)20-29-46)49-35-44(36-50(38-49)61(47-30-21-41(3)22-31-47)48-32-23-42(4)24-33-48)43-25-34-54-53-13-7-10-16-57(53)59(58(54)37-43)55-14-8-5-11-51(55)52-12-6-9-15-56(52)59/h5-38H,1-4H3. The Balaban J connectivity index is 1.19. The molecular weight excluding hydrogens is 737 g/mol. The Morgan fingerprint density at radius 2 is 0.590 bits per heavy atom. The van der Waals surface area contributed by atoms with Crippen LogP contribution in [-0.4, -0.2) is 0 Å². The monoisotopic (exact) mass is 782 g/mol. The van der Waals surface area contributed by atoms with E-state index in [1.54, 1.807) is 0 Å². The lowest BCUT2D eigenvalue weighted by atomic mass is 9.70. The summed E-state index contributed by atoms with van der Waals surface area (Å²) in [6.07, 6.45) is 0. The fraction of sp³-hybridized carbons (Fsp3) is 0.0847. The second kappa shape index (κ2) is 14.4. The fourth-order valence-electron chi connectivity index (χ4n) is 9.96. The quantitative estimate of drug-likeness (QED) is 0.159. The largest absolute Gasteiger partial charge is 0.310 e. The smallest absolute Gasteiger partial charge is 0.0725 e. The van der Waals surface area contributed by atoms with Gasteiger partial charge in [-0.15, -0.1) is 0 Å². The molecule has 9 aromatic rings. The van der Waals surface area contributed by atoms with E-state index in [9.17, 15) is 0 Å². The number of benzene rings is 9. The van der Waals surface area contributed by atoms with E-state index in [0.717, 1.165) is 39.7 Å². The molecule has 1 spiro atoms. The number of rotatable bonds is 7. The van der Waals surface area contributed by atoms with E-state index in [4.69, 9.17) is 0 Å². The van der Waals surface area contributed by atoms with Gasteiger partial charge in [0, 0.05) is 34.1 Å². The lowest BCUT2D eigenvalue weighted by molar-refractivity contribution is 0.794. The average molecular weight is 783 g/mol. The van der Waals surface area contributed by atoms with Crippen molar-refractivity contribution in [3.8, 4) is 33.4 Å². The number of nitrogens with zero attached hydrogens (tertiary/aromatic N) is 2. The molecule has 0 radical (unpaired) electrons. The van der Waals surface area contributed by atoms with Crippen molar-refractivity contribution in [3.63, 3.8) is 0 Å². The maximum Gasteiger partial charge on any atom is 0.0725 e. The minimum absolute atomic E-state index is 0.429. The lowest BCUT2D eigenvalue weighted by Gasteiger charge is -2.31. The summed E-state index contributed by atoms with van der Waals surface area (Å²) in [5.74, 6) is 0. The predicted octanol–water partition coefficient (Wildman–Crippen LogP) is 15.9. The molecule has 0 amide bonds. The molecule has 0 heterocycles. The second-order valence-electron chi connectivity index (χ2n) is 16.9. The first kappa shape index (κ1) is 36.6. The third kappa shape index (κ3) is 5.93. The number of hydrogen-bond donors (Lipinski definition) is 0.